The second-order valence-corrected chi connectivity index (χ2v) is 8.70. The van der Waals surface area contributed by atoms with E-state index in [1.807, 2.05) is 36.4 Å². The number of fused-ring (bicyclic) bond motifs is 3. The number of rotatable bonds is 3. The van der Waals surface area contributed by atoms with Crippen molar-refractivity contribution in [1.82, 2.24) is 14.5 Å². The number of benzene rings is 4. The van der Waals surface area contributed by atoms with Gasteiger partial charge >= 0.3 is 0 Å². The Hall–Kier alpha value is -5.26. The van der Waals surface area contributed by atoms with E-state index in [4.69, 9.17) is 5.26 Å². The van der Waals surface area contributed by atoms with E-state index in [1.54, 1.807) is 0 Å². The quantitative estimate of drug-likeness (QED) is 0.285. The van der Waals surface area contributed by atoms with Gasteiger partial charge in [0.2, 0.25) is 0 Å². The fraction of sp³-hybridized carbons (Fsp3) is 0.0323. The summed E-state index contributed by atoms with van der Waals surface area (Å²) in [5.74, 6) is 0.473. The zero-order valence-corrected chi connectivity index (χ0v) is 19.5. The predicted molar refractivity (Wildman–Crippen MR) is 141 cm³/mol. The van der Waals surface area contributed by atoms with Crippen LogP contribution in [0.15, 0.2) is 97.3 Å². The third-order valence-electron chi connectivity index (χ3n) is 6.42. The molecule has 0 atom stereocenters. The Morgan fingerprint density at radius 2 is 1.42 bits per heavy atom. The number of aryl methyl sites for hydroxylation is 1. The van der Waals surface area contributed by atoms with Gasteiger partial charge < -0.3 is 4.57 Å². The molecule has 0 saturated carbocycles. The van der Waals surface area contributed by atoms with Crippen molar-refractivity contribution in [2.75, 3.05) is 0 Å². The molecular weight excluding hydrogens is 442 g/mol. The second kappa shape index (κ2) is 8.51. The van der Waals surface area contributed by atoms with Crippen LogP contribution in [0, 0.1) is 29.6 Å². The van der Waals surface area contributed by atoms with E-state index in [1.165, 1.54) is 18.0 Å². The number of para-hydroxylation sites is 1. The number of hydrogen-bond donors (Lipinski definition) is 0. The minimum absolute atomic E-state index is 0.394. The van der Waals surface area contributed by atoms with E-state index in [-0.39, 0.29) is 0 Å². The van der Waals surface area contributed by atoms with Crippen molar-refractivity contribution in [2.45, 2.75) is 6.92 Å². The molecule has 0 fully saturated rings. The largest absolute Gasteiger partial charge is 0.308 e. The summed E-state index contributed by atoms with van der Waals surface area (Å²) in [6, 6.07) is 33.3. The van der Waals surface area contributed by atoms with Crippen molar-refractivity contribution >= 4 is 21.8 Å². The second-order valence-electron chi connectivity index (χ2n) is 8.70. The molecule has 0 aliphatic rings. The van der Waals surface area contributed by atoms with Crippen molar-refractivity contribution < 1.29 is 0 Å². The van der Waals surface area contributed by atoms with Crippen LogP contribution in [0.1, 0.15) is 16.7 Å². The van der Waals surface area contributed by atoms with Crippen molar-refractivity contribution in [3.63, 3.8) is 0 Å². The molecule has 6 aromatic rings. The molecule has 2 heterocycles. The number of aromatic nitrogens is 3. The first kappa shape index (κ1) is 21.3. The topological polar surface area (TPSA) is 78.3 Å². The number of nitriles is 2. The van der Waals surface area contributed by atoms with Gasteiger partial charge in [-0.1, -0.05) is 60.2 Å². The molecule has 0 bridgehead atoms. The molecule has 5 heteroatoms. The van der Waals surface area contributed by atoms with Crippen LogP contribution in [-0.4, -0.2) is 14.5 Å². The molecule has 0 N–H and O–H groups in total. The van der Waals surface area contributed by atoms with Gasteiger partial charge in [0.15, 0.2) is 5.82 Å². The first-order valence-electron chi connectivity index (χ1n) is 11.5. The summed E-state index contributed by atoms with van der Waals surface area (Å²) >= 11 is 0. The molecule has 2 aromatic heterocycles. The van der Waals surface area contributed by atoms with Crippen LogP contribution < -0.4 is 0 Å². The maximum Gasteiger partial charge on any atom is 0.159 e. The van der Waals surface area contributed by atoms with Gasteiger partial charge in [0.1, 0.15) is 12.1 Å². The highest BCUT2D eigenvalue weighted by Crippen LogP contribution is 2.36. The van der Waals surface area contributed by atoms with E-state index in [0.29, 0.717) is 17.0 Å². The maximum atomic E-state index is 10.1. The molecule has 0 spiro atoms. The van der Waals surface area contributed by atoms with Crippen molar-refractivity contribution in [2.24, 2.45) is 0 Å². The maximum absolute atomic E-state index is 10.1. The summed E-state index contributed by atoms with van der Waals surface area (Å²) in [6.45, 7) is 2.09. The third kappa shape index (κ3) is 3.48. The lowest BCUT2D eigenvalue weighted by molar-refractivity contribution is 1.14. The monoisotopic (exact) mass is 461 g/mol. The van der Waals surface area contributed by atoms with Crippen LogP contribution in [0.4, 0.5) is 0 Å². The van der Waals surface area contributed by atoms with Gasteiger partial charge in [-0.2, -0.15) is 10.5 Å². The molecule has 5 nitrogen and oxygen atoms in total. The summed E-state index contributed by atoms with van der Waals surface area (Å²) in [7, 11) is 0. The van der Waals surface area contributed by atoms with Crippen molar-refractivity contribution in [3.05, 3.63) is 114 Å². The van der Waals surface area contributed by atoms with Crippen LogP contribution in [0.3, 0.4) is 0 Å². The molecule has 6 rings (SSSR count). The van der Waals surface area contributed by atoms with Gasteiger partial charge in [-0.15, -0.1) is 0 Å². The lowest BCUT2D eigenvalue weighted by atomic mass is 10.0. The Labute approximate surface area is 208 Å². The van der Waals surface area contributed by atoms with E-state index in [2.05, 4.69) is 82.1 Å². The molecule has 36 heavy (non-hydrogen) atoms. The lowest BCUT2D eigenvalue weighted by Crippen LogP contribution is -1.99. The standard InChI is InChI=1S/C31H19N5/c1-20-5-4-6-22(13-20)23-9-11-27-26-7-2-3-8-29(26)36(30(27)15-23)28-12-10-24(14-25(28)17-33)31-34-18-21(16-32)19-35-31/h2-15,18-19H,1H3. The molecule has 0 aliphatic carbocycles. The third-order valence-corrected chi connectivity index (χ3v) is 6.42. The summed E-state index contributed by atoms with van der Waals surface area (Å²) in [5, 5.41) is 21.4. The van der Waals surface area contributed by atoms with Crippen LogP contribution in [0.5, 0.6) is 0 Å². The Bertz CT molecular complexity index is 1860. The van der Waals surface area contributed by atoms with Gasteiger partial charge in [0, 0.05) is 28.7 Å². The summed E-state index contributed by atoms with van der Waals surface area (Å²) in [4.78, 5) is 8.58. The van der Waals surface area contributed by atoms with Crippen molar-refractivity contribution in [3.8, 4) is 40.3 Å². The van der Waals surface area contributed by atoms with Crippen LogP contribution in [-0.2, 0) is 0 Å². The Morgan fingerprint density at radius 1 is 0.667 bits per heavy atom. The highest BCUT2D eigenvalue weighted by molar-refractivity contribution is 6.10. The van der Waals surface area contributed by atoms with Gasteiger partial charge in [-0.3, -0.25) is 0 Å². The van der Waals surface area contributed by atoms with Crippen LogP contribution >= 0.6 is 0 Å². The number of hydrogen-bond acceptors (Lipinski definition) is 4. The smallest absolute Gasteiger partial charge is 0.159 e. The summed E-state index contributed by atoms with van der Waals surface area (Å²) in [6.07, 6.45) is 2.98. The SMILES string of the molecule is Cc1cccc(-c2ccc3c4ccccc4n(-c4ccc(-c5ncc(C#N)cn5)cc4C#N)c3c2)c1. The molecule has 0 radical (unpaired) electrons. The Kier molecular flexibility index (Phi) is 5.03. The highest BCUT2D eigenvalue weighted by atomic mass is 15.0. The van der Waals surface area contributed by atoms with E-state index >= 15 is 0 Å². The molecule has 0 saturated heterocycles. The molecule has 168 valence electrons. The Morgan fingerprint density at radius 3 is 2.19 bits per heavy atom. The highest BCUT2D eigenvalue weighted by Gasteiger charge is 2.16. The fourth-order valence-corrected chi connectivity index (χ4v) is 4.73. The minimum Gasteiger partial charge on any atom is -0.308 e. The van der Waals surface area contributed by atoms with Crippen LogP contribution in [0.25, 0.3) is 50.0 Å². The fourth-order valence-electron chi connectivity index (χ4n) is 4.73. The van der Waals surface area contributed by atoms with E-state index in [9.17, 15) is 5.26 Å². The first-order chi connectivity index (χ1) is 17.7. The lowest BCUT2D eigenvalue weighted by Gasteiger charge is -2.12. The van der Waals surface area contributed by atoms with Gasteiger partial charge in [-0.05, 0) is 48.4 Å². The van der Waals surface area contributed by atoms with Gasteiger partial charge in [0.05, 0.1) is 27.8 Å². The molecule has 0 unspecified atom stereocenters. The molecule has 4 aromatic carbocycles. The normalized spacial score (nSPS) is 10.9. The summed E-state index contributed by atoms with van der Waals surface area (Å²) < 4.78 is 2.16. The zero-order valence-electron chi connectivity index (χ0n) is 19.5. The minimum atomic E-state index is 0.394. The molecular formula is C31H19N5. The van der Waals surface area contributed by atoms with Gasteiger partial charge in [-0.25, -0.2) is 9.97 Å². The zero-order chi connectivity index (χ0) is 24.6. The number of nitrogens with zero attached hydrogens (tertiary/aromatic N) is 5. The predicted octanol–water partition coefficient (Wildman–Crippen LogP) is 6.96. The molecule has 0 amide bonds. The van der Waals surface area contributed by atoms with Gasteiger partial charge in [0.25, 0.3) is 0 Å². The first-order valence-corrected chi connectivity index (χ1v) is 11.5. The van der Waals surface area contributed by atoms with Crippen LogP contribution in [0.2, 0.25) is 0 Å². The van der Waals surface area contributed by atoms with Crippen molar-refractivity contribution in [1.29, 1.82) is 10.5 Å². The summed E-state index contributed by atoms with van der Waals surface area (Å²) in [5.41, 5.74) is 7.99. The van der Waals surface area contributed by atoms with E-state index < -0.39 is 0 Å². The average molecular weight is 462 g/mol. The molecule has 0 aliphatic heterocycles. The average Bonchev–Trinajstić information content (AvgIpc) is 3.26. The Balaban J connectivity index is 1.59. The van der Waals surface area contributed by atoms with E-state index in [0.717, 1.165) is 44.2 Å².